The molecule has 1 aliphatic heterocycles. The fourth-order valence-corrected chi connectivity index (χ4v) is 4.93. The molecule has 9 N–H and O–H groups in total. The molecule has 2 aromatic heterocycles. The average molecular weight is 553 g/mol. The largest absolute Gasteiger partial charge is 0.462 e. The highest BCUT2D eigenvalue weighted by molar-refractivity contribution is 5.85. The molecule has 40 heavy (non-hydrogen) atoms. The van der Waals surface area contributed by atoms with Gasteiger partial charge in [-0.3, -0.25) is 9.59 Å². The Hall–Kier alpha value is -3.78. The number of rotatable bonds is 9. The second-order valence-electron chi connectivity index (χ2n) is 9.92. The molecular weight excluding hydrogens is 520 g/mol. The van der Waals surface area contributed by atoms with Crippen LogP contribution >= 0.6 is 0 Å². The second kappa shape index (κ2) is 11.8. The predicted molar refractivity (Wildman–Crippen MR) is 144 cm³/mol. The molecule has 12 nitrogen and oxygen atoms in total. The number of aliphatic hydroxyl groups excluding tert-OH is 3. The van der Waals surface area contributed by atoms with Gasteiger partial charge in [0.1, 0.15) is 37.0 Å². The number of aromatic amines is 2. The molecule has 0 aliphatic carbocycles. The summed E-state index contributed by atoms with van der Waals surface area (Å²) in [5.41, 5.74) is 15.5. The van der Waals surface area contributed by atoms with Gasteiger partial charge < -0.3 is 51.0 Å². The van der Waals surface area contributed by atoms with E-state index in [1.165, 1.54) is 0 Å². The van der Waals surface area contributed by atoms with Crippen molar-refractivity contribution < 1.29 is 39.1 Å². The maximum Gasteiger partial charge on any atom is 0.323 e. The van der Waals surface area contributed by atoms with Gasteiger partial charge in [-0.15, -0.1) is 0 Å². The van der Waals surface area contributed by atoms with Crippen molar-refractivity contribution in [3.63, 3.8) is 0 Å². The Morgan fingerprint density at radius 3 is 1.93 bits per heavy atom. The van der Waals surface area contributed by atoms with Crippen LogP contribution in [-0.2, 0) is 36.6 Å². The van der Waals surface area contributed by atoms with E-state index in [1.807, 2.05) is 48.5 Å². The van der Waals surface area contributed by atoms with Crippen LogP contribution < -0.4 is 11.5 Å². The van der Waals surface area contributed by atoms with Crippen molar-refractivity contribution in [2.75, 3.05) is 6.61 Å². The Balaban J connectivity index is 1.17. The minimum Gasteiger partial charge on any atom is -0.462 e. The Labute approximate surface area is 228 Å². The van der Waals surface area contributed by atoms with Crippen molar-refractivity contribution in [1.82, 2.24) is 9.97 Å². The van der Waals surface area contributed by atoms with Crippen LogP contribution in [0.15, 0.2) is 60.9 Å². The minimum atomic E-state index is -1.81. The van der Waals surface area contributed by atoms with E-state index in [0.29, 0.717) is 0 Å². The molecule has 1 fully saturated rings. The maximum absolute atomic E-state index is 12.8. The number of nitrogens with one attached hydrogen (secondary N) is 2. The first-order valence-corrected chi connectivity index (χ1v) is 12.9. The molecule has 5 rings (SSSR count). The van der Waals surface area contributed by atoms with Crippen LogP contribution in [0.3, 0.4) is 0 Å². The average Bonchev–Trinajstić information content (AvgIpc) is 3.56. The zero-order valence-corrected chi connectivity index (χ0v) is 21.5. The topological polar surface area (TPSA) is 206 Å². The fraction of sp³-hybridized carbons (Fsp3) is 0.357. The van der Waals surface area contributed by atoms with E-state index in [-0.39, 0.29) is 12.8 Å². The summed E-state index contributed by atoms with van der Waals surface area (Å²) in [6.45, 7) is -0.499. The van der Waals surface area contributed by atoms with Crippen LogP contribution in [0.25, 0.3) is 21.8 Å². The standard InChI is InChI=1S/C28H32N4O8/c29-18(9-14-11-31-20-7-3-1-5-16(14)20)26(35)38-13-22-23(33)25(24(34)28(37)39-22)40-27(36)19(30)10-15-12-32-21-8-4-2-6-17(15)21/h1-8,11-12,18-19,22-25,28,31-34,37H,9-10,13,29-30H2/t18-,19-,22+,23+,24+,25-,28?/m0/s1. The molecule has 7 atom stereocenters. The first kappa shape index (κ1) is 27.8. The molecule has 212 valence electrons. The van der Waals surface area contributed by atoms with Gasteiger partial charge in [-0.25, -0.2) is 0 Å². The number of hydrogen-bond acceptors (Lipinski definition) is 10. The van der Waals surface area contributed by atoms with Crippen LogP contribution in [0.1, 0.15) is 11.1 Å². The predicted octanol–water partition coefficient (Wildman–Crippen LogP) is -0.0170. The quantitative estimate of drug-likeness (QED) is 0.138. The number of carbonyl (C=O) groups excluding carboxylic acids is 2. The van der Waals surface area contributed by atoms with Crippen molar-refractivity contribution in [3.8, 4) is 0 Å². The number of benzene rings is 2. The number of H-pyrrole nitrogens is 2. The number of carbonyl (C=O) groups is 2. The highest BCUT2D eigenvalue weighted by atomic mass is 16.7. The number of esters is 2. The lowest BCUT2D eigenvalue weighted by Crippen LogP contribution is -2.61. The van der Waals surface area contributed by atoms with Crippen LogP contribution in [-0.4, -0.2) is 86.6 Å². The third-order valence-electron chi connectivity index (χ3n) is 7.14. The molecule has 4 aromatic rings. The summed E-state index contributed by atoms with van der Waals surface area (Å²) in [5, 5.41) is 33.2. The highest BCUT2D eigenvalue weighted by Gasteiger charge is 2.47. The number of aliphatic hydroxyl groups is 3. The second-order valence-corrected chi connectivity index (χ2v) is 9.92. The molecule has 1 aliphatic rings. The highest BCUT2D eigenvalue weighted by Crippen LogP contribution is 2.25. The van der Waals surface area contributed by atoms with Crippen molar-refractivity contribution in [3.05, 3.63) is 72.1 Å². The van der Waals surface area contributed by atoms with Crippen LogP contribution in [0.2, 0.25) is 0 Å². The van der Waals surface area contributed by atoms with Gasteiger partial charge in [0.25, 0.3) is 0 Å². The lowest BCUT2D eigenvalue weighted by molar-refractivity contribution is -0.291. The molecule has 1 unspecified atom stereocenters. The van der Waals surface area contributed by atoms with E-state index in [9.17, 15) is 24.9 Å². The lowest BCUT2D eigenvalue weighted by Gasteiger charge is -2.40. The molecule has 1 saturated heterocycles. The molecular formula is C28H32N4O8. The van der Waals surface area contributed by atoms with Gasteiger partial charge in [-0.2, -0.15) is 0 Å². The van der Waals surface area contributed by atoms with Crippen molar-refractivity contribution in [1.29, 1.82) is 0 Å². The molecule has 0 saturated carbocycles. The summed E-state index contributed by atoms with van der Waals surface area (Å²) in [7, 11) is 0. The van der Waals surface area contributed by atoms with E-state index in [4.69, 9.17) is 25.7 Å². The van der Waals surface area contributed by atoms with Gasteiger partial charge in [0, 0.05) is 47.0 Å². The van der Waals surface area contributed by atoms with Crippen molar-refractivity contribution in [2.24, 2.45) is 11.5 Å². The SMILES string of the molecule is N[C@@H](Cc1c[nH]c2ccccc12)C(=O)OC[C@H]1OC(O)[C@H](O)[C@@H](OC(=O)[C@@H](N)Cc2c[nH]c3ccccc23)[C@@H]1O. The summed E-state index contributed by atoms with van der Waals surface area (Å²) in [6.07, 6.45) is -4.22. The first-order valence-electron chi connectivity index (χ1n) is 12.9. The van der Waals surface area contributed by atoms with E-state index < -0.39 is 61.3 Å². The summed E-state index contributed by atoms with van der Waals surface area (Å²) in [4.78, 5) is 31.6. The third-order valence-corrected chi connectivity index (χ3v) is 7.14. The van der Waals surface area contributed by atoms with E-state index in [1.54, 1.807) is 12.4 Å². The van der Waals surface area contributed by atoms with E-state index in [0.717, 1.165) is 32.9 Å². The van der Waals surface area contributed by atoms with Crippen LogP contribution in [0.5, 0.6) is 0 Å². The van der Waals surface area contributed by atoms with Crippen LogP contribution in [0.4, 0.5) is 0 Å². The number of hydrogen-bond donors (Lipinski definition) is 7. The minimum absolute atomic E-state index is 0.135. The monoisotopic (exact) mass is 552 g/mol. The first-order chi connectivity index (χ1) is 19.2. The molecule has 2 aromatic carbocycles. The van der Waals surface area contributed by atoms with Crippen molar-refractivity contribution in [2.45, 2.75) is 55.6 Å². The lowest BCUT2D eigenvalue weighted by atomic mass is 9.98. The summed E-state index contributed by atoms with van der Waals surface area (Å²) in [5.74, 6) is -1.64. The Morgan fingerprint density at radius 1 is 0.825 bits per heavy atom. The molecule has 12 heteroatoms. The number of nitrogens with two attached hydrogens (primary N) is 2. The third kappa shape index (κ3) is 5.72. The molecule has 0 bridgehead atoms. The van der Waals surface area contributed by atoms with Gasteiger partial charge in [0.15, 0.2) is 12.4 Å². The fourth-order valence-electron chi connectivity index (χ4n) is 4.93. The summed E-state index contributed by atoms with van der Waals surface area (Å²) in [6, 6.07) is 13.0. The van der Waals surface area contributed by atoms with Gasteiger partial charge in [-0.1, -0.05) is 36.4 Å². The van der Waals surface area contributed by atoms with Gasteiger partial charge in [-0.05, 0) is 23.3 Å². The number of para-hydroxylation sites is 2. The molecule has 3 heterocycles. The molecule has 0 spiro atoms. The van der Waals surface area contributed by atoms with Crippen LogP contribution in [0, 0.1) is 0 Å². The van der Waals surface area contributed by atoms with Crippen molar-refractivity contribution >= 4 is 33.7 Å². The molecule has 0 amide bonds. The van der Waals surface area contributed by atoms with Gasteiger partial charge in [0.05, 0.1) is 0 Å². The maximum atomic E-state index is 12.8. The number of fused-ring (bicyclic) bond motifs is 2. The Bertz CT molecular complexity index is 1490. The Morgan fingerprint density at radius 2 is 1.35 bits per heavy atom. The number of aromatic nitrogens is 2. The number of ether oxygens (including phenoxy) is 3. The van der Waals surface area contributed by atoms with E-state index >= 15 is 0 Å². The molecule has 0 radical (unpaired) electrons. The zero-order chi connectivity index (χ0) is 28.4. The Kier molecular flexibility index (Phi) is 8.17. The zero-order valence-electron chi connectivity index (χ0n) is 21.5. The summed E-state index contributed by atoms with van der Waals surface area (Å²) < 4.78 is 15.8. The summed E-state index contributed by atoms with van der Waals surface area (Å²) >= 11 is 0. The van der Waals surface area contributed by atoms with E-state index in [2.05, 4.69) is 9.97 Å². The normalized spacial score (nSPS) is 24.6. The van der Waals surface area contributed by atoms with Gasteiger partial charge in [0.2, 0.25) is 0 Å². The smallest absolute Gasteiger partial charge is 0.323 e. The van der Waals surface area contributed by atoms with Gasteiger partial charge >= 0.3 is 11.9 Å².